The molecular formula is C20H26N2O4S. The molecule has 0 aromatic carbocycles. The second-order valence-corrected chi connectivity index (χ2v) is 9.64. The first-order valence-electron chi connectivity index (χ1n) is 9.90. The Kier molecular flexibility index (Phi) is 4.03. The minimum atomic E-state index is -0.838. The van der Waals surface area contributed by atoms with E-state index >= 15 is 0 Å². The van der Waals surface area contributed by atoms with Gasteiger partial charge in [-0.2, -0.15) is 5.10 Å². The Labute approximate surface area is 163 Å². The Morgan fingerprint density at radius 1 is 1.26 bits per heavy atom. The van der Waals surface area contributed by atoms with Gasteiger partial charge in [0, 0.05) is 23.1 Å². The number of nitrogens with zero attached hydrogens (tertiary/aromatic N) is 2. The smallest absolute Gasteiger partial charge is 0.248 e. The molecule has 0 radical (unpaired) electrons. The van der Waals surface area contributed by atoms with Crippen molar-refractivity contribution in [3.05, 3.63) is 22.4 Å². The lowest BCUT2D eigenvalue weighted by molar-refractivity contribution is -0.547. The number of hydrogen-bond donors (Lipinski definition) is 0. The fourth-order valence-electron chi connectivity index (χ4n) is 5.64. The molecule has 4 aliphatic heterocycles. The molecule has 5 heterocycles. The molecule has 0 N–H and O–H groups in total. The van der Waals surface area contributed by atoms with E-state index in [1.54, 1.807) is 17.6 Å². The number of amides is 1. The summed E-state index contributed by atoms with van der Waals surface area (Å²) in [7, 11) is 0. The zero-order chi connectivity index (χ0) is 18.8. The van der Waals surface area contributed by atoms with Gasteiger partial charge in [-0.15, -0.1) is 11.3 Å². The molecule has 0 unspecified atom stereocenters. The summed E-state index contributed by atoms with van der Waals surface area (Å²) in [6, 6.07) is 3.96. The van der Waals surface area contributed by atoms with Crippen LogP contribution in [0.2, 0.25) is 0 Å². The highest BCUT2D eigenvalue weighted by Crippen LogP contribution is 2.60. The predicted molar refractivity (Wildman–Crippen MR) is 101 cm³/mol. The van der Waals surface area contributed by atoms with Crippen LogP contribution in [0.3, 0.4) is 0 Å². The van der Waals surface area contributed by atoms with E-state index < -0.39 is 17.6 Å². The number of thiophene rings is 1. The van der Waals surface area contributed by atoms with Gasteiger partial charge in [-0.25, -0.2) is 14.8 Å². The van der Waals surface area contributed by atoms with Crippen LogP contribution in [0.15, 0.2) is 22.6 Å². The van der Waals surface area contributed by atoms with E-state index in [4.69, 9.17) is 14.5 Å². The number of fused-ring (bicyclic) bond motifs is 2. The van der Waals surface area contributed by atoms with Crippen molar-refractivity contribution in [2.45, 2.75) is 64.1 Å². The standard InChI is InChI=1S/C20H26N2O4S/c1-12-6-7-16-13(2)17(23)22(21-11-14-5-4-10-27-14)18-20(16)15(12)8-9-19(3,24-18)25-26-20/h4-5,10-13,15-16,18H,6-9H2,1-3H3/b21-11+/t12-,13-,15+,16+,18-,19-,20-/m1/s1. The van der Waals surface area contributed by atoms with Crippen LogP contribution in [0.25, 0.3) is 0 Å². The van der Waals surface area contributed by atoms with E-state index in [1.807, 2.05) is 31.4 Å². The third-order valence-electron chi connectivity index (χ3n) is 7.09. The largest absolute Gasteiger partial charge is 0.319 e. The number of rotatable bonds is 2. The van der Waals surface area contributed by atoms with Crippen molar-refractivity contribution in [3.63, 3.8) is 0 Å². The van der Waals surface area contributed by atoms with Crippen LogP contribution in [0.1, 0.15) is 51.3 Å². The zero-order valence-electron chi connectivity index (χ0n) is 16.0. The van der Waals surface area contributed by atoms with Crippen LogP contribution in [0.4, 0.5) is 0 Å². The van der Waals surface area contributed by atoms with E-state index in [9.17, 15) is 4.79 Å². The van der Waals surface area contributed by atoms with Gasteiger partial charge in [-0.3, -0.25) is 4.79 Å². The van der Waals surface area contributed by atoms with Crippen molar-refractivity contribution in [3.8, 4) is 0 Å². The highest BCUT2D eigenvalue weighted by Gasteiger charge is 2.70. The lowest BCUT2D eigenvalue weighted by atomic mass is 9.57. The SMILES string of the molecule is C[C@@H]1CC[C@H]2[C@@H](C)C(=O)N(/N=C/c3cccs3)[C@@H]3O[C@@]4(C)CC[C@@H]1[C@@]23OO4. The van der Waals surface area contributed by atoms with Gasteiger partial charge in [-0.1, -0.05) is 19.9 Å². The Morgan fingerprint density at radius 2 is 2.11 bits per heavy atom. The molecule has 5 fully saturated rings. The number of ether oxygens (including phenoxy) is 1. The number of hydrogen-bond acceptors (Lipinski definition) is 6. The molecule has 6 rings (SSSR count). The maximum Gasteiger partial charge on any atom is 0.248 e. The maximum atomic E-state index is 13.3. The van der Waals surface area contributed by atoms with Crippen molar-refractivity contribution in [2.24, 2.45) is 28.8 Å². The summed E-state index contributed by atoms with van der Waals surface area (Å²) in [6.45, 7) is 6.19. The highest BCUT2D eigenvalue weighted by atomic mass is 32.1. The summed E-state index contributed by atoms with van der Waals surface area (Å²) in [5, 5.41) is 8.13. The highest BCUT2D eigenvalue weighted by molar-refractivity contribution is 7.11. The van der Waals surface area contributed by atoms with Gasteiger partial charge in [0.05, 0.1) is 6.21 Å². The van der Waals surface area contributed by atoms with E-state index in [0.717, 1.165) is 30.6 Å². The van der Waals surface area contributed by atoms with Gasteiger partial charge in [0.2, 0.25) is 11.7 Å². The summed E-state index contributed by atoms with van der Waals surface area (Å²) in [5.74, 6) is -0.120. The first-order chi connectivity index (χ1) is 12.9. The zero-order valence-corrected chi connectivity index (χ0v) is 16.8. The van der Waals surface area contributed by atoms with Crippen molar-refractivity contribution >= 4 is 23.5 Å². The second kappa shape index (κ2) is 6.11. The predicted octanol–water partition coefficient (Wildman–Crippen LogP) is 3.78. The molecule has 1 saturated carbocycles. The normalized spacial score (nSPS) is 46.6. The number of piperidine rings is 1. The maximum absolute atomic E-state index is 13.3. The van der Waals surface area contributed by atoms with Crippen LogP contribution < -0.4 is 0 Å². The minimum Gasteiger partial charge on any atom is -0.319 e. The molecule has 1 amide bonds. The van der Waals surface area contributed by atoms with Crippen molar-refractivity contribution in [1.29, 1.82) is 0 Å². The molecule has 2 bridgehead atoms. The average Bonchev–Trinajstić information content (AvgIpc) is 3.06. The topological polar surface area (TPSA) is 60.4 Å². The summed E-state index contributed by atoms with van der Waals surface area (Å²) in [6.07, 6.45) is 5.01. The molecule has 146 valence electrons. The Hall–Kier alpha value is -1.28. The summed E-state index contributed by atoms with van der Waals surface area (Å²) < 4.78 is 6.43. The first-order valence-corrected chi connectivity index (χ1v) is 10.8. The van der Waals surface area contributed by atoms with Gasteiger partial charge in [0.1, 0.15) is 0 Å². The fourth-order valence-corrected chi connectivity index (χ4v) is 6.22. The molecule has 4 saturated heterocycles. The average molecular weight is 391 g/mol. The van der Waals surface area contributed by atoms with Crippen molar-refractivity contribution in [1.82, 2.24) is 5.01 Å². The third-order valence-corrected chi connectivity index (χ3v) is 7.90. The van der Waals surface area contributed by atoms with E-state index in [-0.39, 0.29) is 17.7 Å². The van der Waals surface area contributed by atoms with Crippen molar-refractivity contribution in [2.75, 3.05) is 0 Å². The van der Waals surface area contributed by atoms with Gasteiger partial charge in [0.25, 0.3) is 0 Å². The summed E-state index contributed by atoms with van der Waals surface area (Å²) in [5.41, 5.74) is -0.645. The minimum absolute atomic E-state index is 0.0106. The van der Waals surface area contributed by atoms with Gasteiger partial charge < -0.3 is 4.74 Å². The van der Waals surface area contributed by atoms with Crippen LogP contribution in [-0.2, 0) is 19.3 Å². The summed E-state index contributed by atoms with van der Waals surface area (Å²) in [4.78, 5) is 26.3. The lowest BCUT2D eigenvalue weighted by Crippen LogP contribution is -2.74. The molecule has 1 spiro atoms. The number of carbonyl (C=O) groups excluding carboxylic acids is 1. The Morgan fingerprint density at radius 3 is 2.89 bits per heavy atom. The molecule has 1 aromatic rings. The third kappa shape index (κ3) is 2.48. The van der Waals surface area contributed by atoms with Gasteiger partial charge in [0.15, 0.2) is 11.8 Å². The molecule has 6 nitrogen and oxygen atoms in total. The van der Waals surface area contributed by atoms with Crippen LogP contribution in [-0.4, -0.2) is 34.7 Å². The lowest BCUT2D eigenvalue weighted by Gasteiger charge is -2.60. The van der Waals surface area contributed by atoms with Gasteiger partial charge >= 0.3 is 0 Å². The Bertz CT molecular complexity index is 768. The monoisotopic (exact) mass is 390 g/mol. The first kappa shape index (κ1) is 17.8. The fraction of sp³-hybridized carbons (Fsp3) is 0.700. The van der Waals surface area contributed by atoms with Crippen LogP contribution in [0.5, 0.6) is 0 Å². The Balaban J connectivity index is 1.61. The van der Waals surface area contributed by atoms with Crippen LogP contribution >= 0.6 is 11.3 Å². The molecule has 5 aliphatic rings. The van der Waals surface area contributed by atoms with Gasteiger partial charge in [-0.05, 0) is 49.5 Å². The van der Waals surface area contributed by atoms with E-state index in [2.05, 4.69) is 12.0 Å². The second-order valence-electron chi connectivity index (χ2n) is 8.66. The molecule has 27 heavy (non-hydrogen) atoms. The van der Waals surface area contributed by atoms with Crippen LogP contribution in [0, 0.1) is 23.7 Å². The quantitative estimate of drug-likeness (QED) is 0.570. The van der Waals surface area contributed by atoms with Crippen molar-refractivity contribution < 1.29 is 19.3 Å². The molecular weight excluding hydrogens is 364 g/mol. The molecule has 7 atom stereocenters. The summed E-state index contributed by atoms with van der Waals surface area (Å²) >= 11 is 1.59. The van der Waals surface area contributed by atoms with E-state index in [1.165, 1.54) is 5.01 Å². The molecule has 1 aromatic heterocycles. The molecule has 1 aliphatic carbocycles. The number of carbonyl (C=O) groups is 1. The number of hydrazone groups is 1. The molecule has 7 heteroatoms. The van der Waals surface area contributed by atoms with E-state index in [0.29, 0.717) is 11.8 Å².